The van der Waals surface area contributed by atoms with E-state index >= 15 is 0 Å². The van der Waals surface area contributed by atoms with Gasteiger partial charge in [-0.1, -0.05) is 34.1 Å². The molecule has 4 rings (SSSR count). The Morgan fingerprint density at radius 1 is 1.12 bits per heavy atom. The summed E-state index contributed by atoms with van der Waals surface area (Å²) in [6, 6.07) is 3.57. The fraction of sp³-hybridized carbons (Fsp3) is 0.700. The maximum absolute atomic E-state index is 11.0. The molecule has 1 aliphatic heterocycles. The van der Waals surface area contributed by atoms with E-state index < -0.39 is 11.9 Å². The third kappa shape index (κ3) is 1.85. The summed E-state index contributed by atoms with van der Waals surface area (Å²) in [6.07, 6.45) is 2.52. The average Bonchev–Trinajstić information content (AvgIpc) is 2.85. The van der Waals surface area contributed by atoms with Crippen molar-refractivity contribution < 1.29 is 20.1 Å². The van der Waals surface area contributed by atoms with E-state index in [9.17, 15) is 15.3 Å². The Morgan fingerprint density at radius 2 is 1.83 bits per heavy atom. The van der Waals surface area contributed by atoms with E-state index in [1.54, 1.807) is 12.1 Å². The van der Waals surface area contributed by atoms with Gasteiger partial charge in [-0.2, -0.15) is 0 Å². The van der Waals surface area contributed by atoms with Crippen LogP contribution in [0, 0.1) is 11.3 Å². The van der Waals surface area contributed by atoms with E-state index in [-0.39, 0.29) is 28.4 Å². The van der Waals surface area contributed by atoms with Crippen LogP contribution in [-0.2, 0) is 15.9 Å². The van der Waals surface area contributed by atoms with Crippen LogP contribution in [0.2, 0.25) is 0 Å². The summed E-state index contributed by atoms with van der Waals surface area (Å²) in [6.45, 7) is 8.97. The van der Waals surface area contributed by atoms with Crippen molar-refractivity contribution in [2.45, 2.75) is 70.2 Å². The summed E-state index contributed by atoms with van der Waals surface area (Å²) >= 11 is 0. The van der Waals surface area contributed by atoms with Gasteiger partial charge in [0.05, 0.1) is 6.61 Å². The minimum absolute atomic E-state index is 0.0432. The molecule has 132 valence electrons. The molecule has 1 saturated heterocycles. The summed E-state index contributed by atoms with van der Waals surface area (Å²) in [4.78, 5) is 0. The normalized spacial score (nSPS) is 39.6. The van der Waals surface area contributed by atoms with E-state index in [1.165, 1.54) is 0 Å². The number of phenols is 1. The largest absolute Gasteiger partial charge is 0.508 e. The minimum atomic E-state index is -2.01. The highest BCUT2D eigenvalue weighted by Crippen LogP contribution is 2.64. The first-order valence-electron chi connectivity index (χ1n) is 9.05. The molecule has 2 fully saturated rings. The third-order valence-corrected chi connectivity index (χ3v) is 6.97. The van der Waals surface area contributed by atoms with Crippen molar-refractivity contribution in [2.24, 2.45) is 11.3 Å². The maximum Gasteiger partial charge on any atom is 0.217 e. The molecule has 4 atom stereocenters. The Bertz CT molecular complexity index is 695. The fourth-order valence-corrected chi connectivity index (χ4v) is 5.83. The zero-order chi connectivity index (χ0) is 17.5. The summed E-state index contributed by atoms with van der Waals surface area (Å²) < 4.78 is 5.98. The lowest BCUT2D eigenvalue weighted by Crippen LogP contribution is -2.59. The fourth-order valence-electron chi connectivity index (χ4n) is 5.83. The number of aliphatic hydroxyl groups is 2. The standard InChI is InChI=1S/C20H28O4/c1-11(2)12-8-14-13(9-15(12)21)19(4)7-5-6-18(3)10-24-17(16(18)19)20(14,22)23/h8-9,11,16-17,21-23H,5-7,10H2,1-4H3/t16?,17-,18+,19-/m1/s1. The first kappa shape index (κ1) is 16.4. The molecule has 3 aliphatic rings. The molecule has 0 amide bonds. The second kappa shape index (κ2) is 4.75. The topological polar surface area (TPSA) is 69.9 Å². The van der Waals surface area contributed by atoms with Crippen LogP contribution < -0.4 is 0 Å². The molecule has 4 nitrogen and oxygen atoms in total. The SMILES string of the molecule is CC(C)c1cc2c(cc1O)[C@@]1(C)CCC[C@@]3(C)CO[C@H](C31)C2(O)O. The molecule has 1 heterocycles. The van der Waals surface area contributed by atoms with E-state index in [1.807, 2.05) is 13.8 Å². The Balaban J connectivity index is 2.00. The monoisotopic (exact) mass is 332 g/mol. The molecule has 24 heavy (non-hydrogen) atoms. The first-order chi connectivity index (χ1) is 11.1. The molecule has 4 heteroatoms. The first-order valence-corrected chi connectivity index (χ1v) is 9.05. The highest BCUT2D eigenvalue weighted by molar-refractivity contribution is 5.51. The van der Waals surface area contributed by atoms with Gasteiger partial charge in [-0.3, -0.25) is 0 Å². The van der Waals surface area contributed by atoms with Gasteiger partial charge in [0.1, 0.15) is 11.9 Å². The predicted octanol–water partition coefficient (Wildman–Crippen LogP) is 3.13. The van der Waals surface area contributed by atoms with Gasteiger partial charge in [0.25, 0.3) is 0 Å². The van der Waals surface area contributed by atoms with Crippen molar-refractivity contribution in [1.29, 1.82) is 0 Å². The lowest BCUT2D eigenvalue weighted by molar-refractivity contribution is -0.259. The molecule has 1 aromatic rings. The molecule has 0 bridgehead atoms. The van der Waals surface area contributed by atoms with Crippen molar-refractivity contribution in [3.63, 3.8) is 0 Å². The average molecular weight is 332 g/mol. The van der Waals surface area contributed by atoms with Crippen LogP contribution in [0.4, 0.5) is 0 Å². The van der Waals surface area contributed by atoms with E-state index in [4.69, 9.17) is 4.74 Å². The van der Waals surface area contributed by atoms with Gasteiger partial charge in [0, 0.05) is 11.5 Å². The molecular formula is C20H28O4. The number of aromatic hydroxyl groups is 1. The van der Waals surface area contributed by atoms with Crippen LogP contribution in [0.5, 0.6) is 5.75 Å². The third-order valence-electron chi connectivity index (χ3n) is 6.97. The molecule has 0 aromatic heterocycles. The van der Waals surface area contributed by atoms with Crippen molar-refractivity contribution in [3.8, 4) is 5.75 Å². The van der Waals surface area contributed by atoms with Crippen molar-refractivity contribution in [2.75, 3.05) is 6.61 Å². The summed E-state index contributed by atoms with van der Waals surface area (Å²) in [7, 11) is 0. The van der Waals surface area contributed by atoms with Crippen molar-refractivity contribution in [1.82, 2.24) is 0 Å². The highest BCUT2D eigenvalue weighted by Gasteiger charge is 2.66. The Hall–Kier alpha value is -1.10. The van der Waals surface area contributed by atoms with Crippen LogP contribution >= 0.6 is 0 Å². The highest BCUT2D eigenvalue weighted by atomic mass is 16.6. The number of rotatable bonds is 1. The zero-order valence-corrected chi connectivity index (χ0v) is 15.0. The lowest BCUT2D eigenvalue weighted by atomic mass is 9.49. The van der Waals surface area contributed by atoms with Gasteiger partial charge in [0.2, 0.25) is 5.79 Å². The van der Waals surface area contributed by atoms with Crippen molar-refractivity contribution in [3.05, 3.63) is 28.8 Å². The van der Waals surface area contributed by atoms with Crippen LogP contribution in [0.1, 0.15) is 69.6 Å². The molecule has 0 spiro atoms. The van der Waals surface area contributed by atoms with E-state index in [0.29, 0.717) is 12.2 Å². The smallest absolute Gasteiger partial charge is 0.217 e. The van der Waals surface area contributed by atoms with Gasteiger partial charge >= 0.3 is 0 Å². The zero-order valence-electron chi connectivity index (χ0n) is 15.0. The second-order valence-electron chi connectivity index (χ2n) is 8.97. The number of hydrogen-bond acceptors (Lipinski definition) is 4. The number of phenolic OH excluding ortho intramolecular Hbond substituents is 1. The maximum atomic E-state index is 11.0. The van der Waals surface area contributed by atoms with Crippen molar-refractivity contribution >= 4 is 0 Å². The summed E-state index contributed by atoms with van der Waals surface area (Å²) in [5, 5.41) is 32.6. The van der Waals surface area contributed by atoms with Gasteiger partial charge in [-0.05, 0) is 52.8 Å². The van der Waals surface area contributed by atoms with Gasteiger partial charge in [-0.15, -0.1) is 0 Å². The van der Waals surface area contributed by atoms with Gasteiger partial charge in [-0.25, -0.2) is 0 Å². The lowest BCUT2D eigenvalue weighted by Gasteiger charge is -2.55. The molecule has 1 aromatic carbocycles. The number of ether oxygens (including phenoxy) is 1. The predicted molar refractivity (Wildman–Crippen MR) is 90.9 cm³/mol. The Labute approximate surface area is 143 Å². The number of fused-ring (bicyclic) bond motifs is 2. The summed E-state index contributed by atoms with van der Waals surface area (Å²) in [5.74, 6) is -1.60. The molecule has 1 unspecified atom stereocenters. The molecule has 0 radical (unpaired) electrons. The Kier molecular flexibility index (Phi) is 3.24. The molecular weight excluding hydrogens is 304 g/mol. The van der Waals surface area contributed by atoms with Crippen LogP contribution in [0.3, 0.4) is 0 Å². The molecule has 2 aliphatic carbocycles. The number of benzene rings is 1. The Morgan fingerprint density at radius 3 is 2.50 bits per heavy atom. The van der Waals surface area contributed by atoms with Gasteiger partial charge in [0.15, 0.2) is 0 Å². The van der Waals surface area contributed by atoms with Gasteiger partial charge < -0.3 is 20.1 Å². The van der Waals surface area contributed by atoms with E-state index in [2.05, 4.69) is 13.8 Å². The minimum Gasteiger partial charge on any atom is -0.508 e. The number of hydrogen-bond donors (Lipinski definition) is 3. The molecule has 3 N–H and O–H groups in total. The second-order valence-corrected chi connectivity index (χ2v) is 8.97. The summed E-state index contributed by atoms with van der Waals surface area (Å²) in [5.41, 5.74) is 1.90. The van der Waals surface area contributed by atoms with Crippen LogP contribution in [-0.4, -0.2) is 28.0 Å². The quantitative estimate of drug-likeness (QED) is 0.691. The van der Waals surface area contributed by atoms with Crippen LogP contribution in [0.25, 0.3) is 0 Å². The van der Waals surface area contributed by atoms with E-state index in [0.717, 1.165) is 30.4 Å². The van der Waals surface area contributed by atoms with Crippen LogP contribution in [0.15, 0.2) is 12.1 Å². The molecule has 1 saturated carbocycles.